The number of para-hydroxylation sites is 1. The number of aromatic nitrogens is 2. The van der Waals surface area contributed by atoms with Crippen molar-refractivity contribution in [2.75, 3.05) is 17.3 Å². The van der Waals surface area contributed by atoms with Crippen molar-refractivity contribution in [2.24, 2.45) is 0 Å². The molecule has 0 fully saturated rings. The van der Waals surface area contributed by atoms with Crippen LogP contribution in [0.3, 0.4) is 0 Å². The molecule has 1 aliphatic rings. The second-order valence-electron chi connectivity index (χ2n) is 6.31. The lowest BCUT2D eigenvalue weighted by molar-refractivity contribution is -0.117. The highest BCUT2D eigenvalue weighted by Crippen LogP contribution is 2.31. The van der Waals surface area contributed by atoms with Crippen molar-refractivity contribution in [1.29, 1.82) is 0 Å². The van der Waals surface area contributed by atoms with Crippen LogP contribution in [0.25, 0.3) is 11.3 Å². The third-order valence-electron chi connectivity index (χ3n) is 4.55. The van der Waals surface area contributed by atoms with Crippen LogP contribution in [0.4, 0.5) is 5.69 Å². The Kier molecular flexibility index (Phi) is 4.42. The number of hydrogen-bond donors (Lipinski definition) is 1. The number of anilines is 1. The van der Waals surface area contributed by atoms with E-state index in [1.54, 1.807) is 6.20 Å². The SMILES string of the molecule is C[C@H](Sc1nc(-c2ccccc2)cn1N)C(=O)N1CCc2ccccc21. The fraction of sp³-hybridized carbons (Fsp3) is 0.200. The molecule has 6 heteroatoms. The topological polar surface area (TPSA) is 64.2 Å². The lowest BCUT2D eigenvalue weighted by Gasteiger charge is -2.21. The van der Waals surface area contributed by atoms with E-state index in [2.05, 4.69) is 11.1 Å². The summed E-state index contributed by atoms with van der Waals surface area (Å²) in [6.45, 7) is 2.64. The predicted molar refractivity (Wildman–Crippen MR) is 106 cm³/mol. The largest absolute Gasteiger partial charge is 0.337 e. The maximum atomic E-state index is 12.9. The van der Waals surface area contributed by atoms with Gasteiger partial charge in [0.05, 0.1) is 17.1 Å². The van der Waals surface area contributed by atoms with Gasteiger partial charge in [0.15, 0.2) is 5.16 Å². The number of imidazole rings is 1. The van der Waals surface area contributed by atoms with Gasteiger partial charge in [0.2, 0.25) is 5.91 Å². The Hall–Kier alpha value is -2.73. The zero-order valence-electron chi connectivity index (χ0n) is 14.5. The van der Waals surface area contributed by atoms with Crippen molar-refractivity contribution >= 4 is 23.4 Å². The monoisotopic (exact) mass is 364 g/mol. The van der Waals surface area contributed by atoms with Crippen LogP contribution in [0, 0.1) is 0 Å². The number of nitrogens with two attached hydrogens (primary N) is 1. The average Bonchev–Trinajstić information content (AvgIpc) is 3.26. The van der Waals surface area contributed by atoms with Crippen LogP contribution in [0.2, 0.25) is 0 Å². The Morgan fingerprint density at radius 3 is 2.69 bits per heavy atom. The molecule has 2 aromatic carbocycles. The Balaban J connectivity index is 1.51. The molecule has 0 bridgehead atoms. The number of hydrogen-bond acceptors (Lipinski definition) is 4. The molecule has 4 rings (SSSR count). The zero-order valence-corrected chi connectivity index (χ0v) is 15.3. The molecule has 132 valence electrons. The van der Waals surface area contributed by atoms with E-state index in [1.165, 1.54) is 22.0 Å². The van der Waals surface area contributed by atoms with Crippen LogP contribution in [-0.2, 0) is 11.2 Å². The molecule has 0 saturated heterocycles. The maximum absolute atomic E-state index is 12.9. The lowest BCUT2D eigenvalue weighted by atomic mass is 10.2. The molecule has 3 aromatic rings. The Bertz CT molecular complexity index is 938. The van der Waals surface area contributed by atoms with Crippen LogP contribution < -0.4 is 10.7 Å². The van der Waals surface area contributed by atoms with E-state index in [9.17, 15) is 4.79 Å². The molecule has 2 N–H and O–H groups in total. The Labute approximate surface area is 156 Å². The predicted octanol–water partition coefficient (Wildman–Crippen LogP) is 3.33. The van der Waals surface area contributed by atoms with Crippen LogP contribution in [0.1, 0.15) is 12.5 Å². The van der Waals surface area contributed by atoms with Gasteiger partial charge in [-0.15, -0.1) is 0 Å². The smallest absolute Gasteiger partial charge is 0.240 e. The fourth-order valence-electron chi connectivity index (χ4n) is 3.21. The average molecular weight is 364 g/mol. The molecule has 5 nitrogen and oxygen atoms in total. The van der Waals surface area contributed by atoms with Gasteiger partial charge in [-0.1, -0.05) is 60.3 Å². The Morgan fingerprint density at radius 2 is 1.88 bits per heavy atom. The van der Waals surface area contributed by atoms with E-state index in [4.69, 9.17) is 5.84 Å². The first-order valence-electron chi connectivity index (χ1n) is 8.59. The van der Waals surface area contributed by atoms with Gasteiger partial charge in [-0.25, -0.2) is 9.66 Å². The van der Waals surface area contributed by atoms with Crippen molar-refractivity contribution < 1.29 is 4.79 Å². The molecule has 0 unspecified atom stereocenters. The summed E-state index contributed by atoms with van der Waals surface area (Å²) < 4.78 is 1.49. The van der Waals surface area contributed by atoms with Crippen LogP contribution in [-0.4, -0.2) is 27.4 Å². The zero-order chi connectivity index (χ0) is 18.1. The summed E-state index contributed by atoms with van der Waals surface area (Å²) >= 11 is 1.39. The summed E-state index contributed by atoms with van der Waals surface area (Å²) in [5.41, 5.74) is 4.06. The van der Waals surface area contributed by atoms with Crippen molar-refractivity contribution in [2.45, 2.75) is 23.8 Å². The molecule has 2 heterocycles. The second-order valence-corrected chi connectivity index (χ2v) is 7.62. The highest BCUT2D eigenvalue weighted by atomic mass is 32.2. The first-order chi connectivity index (χ1) is 12.6. The first kappa shape index (κ1) is 16.7. The number of benzene rings is 2. The summed E-state index contributed by atoms with van der Waals surface area (Å²) in [6.07, 6.45) is 2.70. The second kappa shape index (κ2) is 6.88. The van der Waals surface area contributed by atoms with E-state index >= 15 is 0 Å². The molecule has 0 saturated carbocycles. The van der Waals surface area contributed by atoms with Gasteiger partial charge in [0.1, 0.15) is 0 Å². The number of carbonyl (C=O) groups is 1. The molecule has 1 atom stereocenters. The number of fused-ring (bicyclic) bond motifs is 1. The molecular formula is C20H20N4OS. The minimum atomic E-state index is -0.269. The van der Waals surface area contributed by atoms with Gasteiger partial charge in [0.25, 0.3) is 0 Å². The van der Waals surface area contributed by atoms with Gasteiger partial charge in [-0.3, -0.25) is 4.79 Å². The molecular weight excluding hydrogens is 344 g/mol. The third kappa shape index (κ3) is 3.08. The quantitative estimate of drug-likeness (QED) is 0.570. The Morgan fingerprint density at radius 1 is 1.15 bits per heavy atom. The standard InChI is InChI=1S/C20H20N4OS/c1-14(19(25)23-12-11-16-9-5-6-10-18(16)23)26-20-22-17(13-24(20)21)15-7-3-2-4-8-15/h2-10,13-14H,11-12,21H2,1H3/t14-/m0/s1. The van der Waals surface area contributed by atoms with Crippen molar-refractivity contribution in [3.8, 4) is 11.3 Å². The lowest BCUT2D eigenvalue weighted by Crippen LogP contribution is -2.35. The number of rotatable bonds is 4. The highest BCUT2D eigenvalue weighted by Gasteiger charge is 2.29. The first-order valence-corrected chi connectivity index (χ1v) is 9.47. The summed E-state index contributed by atoms with van der Waals surface area (Å²) in [5, 5.41) is 0.367. The van der Waals surface area contributed by atoms with Crippen LogP contribution in [0.5, 0.6) is 0 Å². The van der Waals surface area contributed by atoms with Crippen LogP contribution in [0.15, 0.2) is 66.0 Å². The fourth-order valence-corrected chi connectivity index (χ4v) is 4.08. The molecule has 26 heavy (non-hydrogen) atoms. The normalized spacial score (nSPS) is 14.3. The number of thioether (sulfide) groups is 1. The summed E-state index contributed by atoms with van der Waals surface area (Å²) in [6, 6.07) is 18.0. The molecule has 0 aliphatic carbocycles. The van der Waals surface area contributed by atoms with Crippen molar-refractivity contribution in [3.05, 3.63) is 66.4 Å². The highest BCUT2D eigenvalue weighted by molar-refractivity contribution is 8.00. The van der Waals surface area contributed by atoms with Gasteiger partial charge in [0, 0.05) is 17.8 Å². The van der Waals surface area contributed by atoms with Crippen molar-refractivity contribution in [3.63, 3.8) is 0 Å². The maximum Gasteiger partial charge on any atom is 0.240 e. The molecule has 1 amide bonds. The van der Waals surface area contributed by atoms with Gasteiger partial charge in [-0.05, 0) is 25.0 Å². The summed E-state index contributed by atoms with van der Waals surface area (Å²) in [4.78, 5) is 19.4. The van der Waals surface area contributed by atoms with E-state index in [1.807, 2.05) is 60.4 Å². The number of carbonyl (C=O) groups excluding carboxylic acids is 1. The third-order valence-corrected chi connectivity index (χ3v) is 5.62. The van der Waals surface area contributed by atoms with Crippen molar-refractivity contribution in [1.82, 2.24) is 9.66 Å². The van der Waals surface area contributed by atoms with Gasteiger partial charge in [-0.2, -0.15) is 0 Å². The molecule has 0 spiro atoms. The van der Waals surface area contributed by atoms with E-state index in [-0.39, 0.29) is 11.2 Å². The van der Waals surface area contributed by atoms with E-state index < -0.39 is 0 Å². The number of nitrogen functional groups attached to an aromatic ring is 1. The molecule has 1 aliphatic heterocycles. The van der Waals surface area contributed by atoms with E-state index in [0.717, 1.165) is 29.9 Å². The summed E-state index contributed by atoms with van der Waals surface area (Å²) in [7, 11) is 0. The van der Waals surface area contributed by atoms with Gasteiger partial charge >= 0.3 is 0 Å². The van der Waals surface area contributed by atoms with Crippen LogP contribution >= 0.6 is 11.8 Å². The summed E-state index contributed by atoms with van der Waals surface area (Å²) in [5.74, 6) is 6.15. The number of nitrogens with zero attached hydrogens (tertiary/aromatic N) is 3. The van der Waals surface area contributed by atoms with Gasteiger partial charge < -0.3 is 10.7 Å². The van der Waals surface area contributed by atoms with E-state index in [0.29, 0.717) is 5.16 Å². The molecule has 0 radical (unpaired) electrons. The molecule has 1 aromatic heterocycles. The minimum Gasteiger partial charge on any atom is -0.337 e. The number of amides is 1. The minimum absolute atomic E-state index is 0.0872.